The molecule has 1 aliphatic heterocycles. The molecule has 0 aliphatic carbocycles. The van der Waals surface area contributed by atoms with Crippen LogP contribution in [0.15, 0.2) is 18.3 Å². The molecule has 1 atom stereocenters. The minimum absolute atomic E-state index is 0.857. The molecule has 1 saturated heterocycles. The van der Waals surface area contributed by atoms with E-state index in [0.29, 0.717) is 0 Å². The largest absolute Gasteiger partial charge is 0.353 e. The lowest BCUT2D eigenvalue weighted by molar-refractivity contribution is 0.624. The fraction of sp³-hybridized carbons (Fsp3) is 0.636. The Hall–Kier alpha value is -0.410. The van der Waals surface area contributed by atoms with Crippen LogP contribution in [0, 0.1) is 0 Å². The minimum Gasteiger partial charge on any atom is -0.353 e. The molecule has 0 radical (unpaired) electrons. The van der Waals surface area contributed by atoms with Gasteiger partial charge < -0.3 is 9.88 Å². The lowest BCUT2D eigenvalue weighted by Gasteiger charge is -2.10. The van der Waals surface area contributed by atoms with Crippen molar-refractivity contribution >= 4 is 11.8 Å². The molecule has 78 valence electrons. The predicted molar refractivity (Wildman–Crippen MR) is 62.6 cm³/mol. The normalized spacial score (nSPS) is 21.6. The Kier molecular flexibility index (Phi) is 3.54. The van der Waals surface area contributed by atoms with E-state index in [4.69, 9.17) is 0 Å². The van der Waals surface area contributed by atoms with Crippen molar-refractivity contribution in [3.63, 3.8) is 0 Å². The second-order valence-corrected chi connectivity index (χ2v) is 5.28. The zero-order valence-electron chi connectivity index (χ0n) is 8.70. The van der Waals surface area contributed by atoms with Crippen molar-refractivity contribution < 1.29 is 0 Å². The molecule has 0 bridgehead atoms. The van der Waals surface area contributed by atoms with Crippen LogP contribution in [0.2, 0.25) is 0 Å². The van der Waals surface area contributed by atoms with Crippen molar-refractivity contribution in [3.05, 3.63) is 24.0 Å². The SMILES string of the molecule is Cn1cccc1CNCC1CCCS1. The molecule has 1 aromatic heterocycles. The maximum atomic E-state index is 3.53. The summed E-state index contributed by atoms with van der Waals surface area (Å²) in [6.07, 6.45) is 4.90. The van der Waals surface area contributed by atoms with Gasteiger partial charge in [-0.3, -0.25) is 0 Å². The van der Waals surface area contributed by atoms with Gasteiger partial charge in [-0.05, 0) is 30.7 Å². The number of aromatic nitrogens is 1. The van der Waals surface area contributed by atoms with Gasteiger partial charge in [-0.15, -0.1) is 0 Å². The fourth-order valence-electron chi connectivity index (χ4n) is 1.85. The van der Waals surface area contributed by atoms with Gasteiger partial charge in [0, 0.05) is 37.3 Å². The van der Waals surface area contributed by atoms with Crippen LogP contribution >= 0.6 is 11.8 Å². The van der Waals surface area contributed by atoms with Gasteiger partial charge in [-0.2, -0.15) is 11.8 Å². The lowest BCUT2D eigenvalue weighted by atomic mass is 10.2. The first-order valence-electron chi connectivity index (χ1n) is 5.29. The molecule has 0 amide bonds. The summed E-state index contributed by atoms with van der Waals surface area (Å²) in [6.45, 7) is 2.16. The van der Waals surface area contributed by atoms with E-state index in [2.05, 4.69) is 47.0 Å². The number of nitrogens with one attached hydrogen (secondary N) is 1. The van der Waals surface area contributed by atoms with Gasteiger partial charge >= 0.3 is 0 Å². The summed E-state index contributed by atoms with van der Waals surface area (Å²) in [7, 11) is 2.10. The molecule has 14 heavy (non-hydrogen) atoms. The Balaban J connectivity index is 1.70. The fourth-order valence-corrected chi connectivity index (χ4v) is 3.08. The van der Waals surface area contributed by atoms with E-state index in [9.17, 15) is 0 Å². The van der Waals surface area contributed by atoms with E-state index in [0.717, 1.165) is 18.3 Å². The molecule has 2 rings (SSSR count). The highest BCUT2D eigenvalue weighted by atomic mass is 32.2. The number of hydrogen-bond donors (Lipinski definition) is 1. The molecule has 3 heteroatoms. The number of aryl methyl sites for hydroxylation is 1. The first-order chi connectivity index (χ1) is 6.86. The molecule has 1 aliphatic rings. The molecule has 2 nitrogen and oxygen atoms in total. The summed E-state index contributed by atoms with van der Waals surface area (Å²) in [5.41, 5.74) is 1.37. The summed E-state index contributed by atoms with van der Waals surface area (Å²) < 4.78 is 2.18. The number of nitrogens with zero attached hydrogens (tertiary/aromatic N) is 1. The zero-order chi connectivity index (χ0) is 9.80. The highest BCUT2D eigenvalue weighted by Crippen LogP contribution is 2.25. The topological polar surface area (TPSA) is 17.0 Å². The van der Waals surface area contributed by atoms with Crippen molar-refractivity contribution in [1.29, 1.82) is 0 Å². The Labute approximate surface area is 90.1 Å². The van der Waals surface area contributed by atoms with Gasteiger partial charge in [0.1, 0.15) is 0 Å². The quantitative estimate of drug-likeness (QED) is 0.819. The third-order valence-corrected chi connectivity index (χ3v) is 4.15. The van der Waals surface area contributed by atoms with Crippen LogP contribution in [-0.4, -0.2) is 22.1 Å². The van der Waals surface area contributed by atoms with Gasteiger partial charge in [-0.1, -0.05) is 0 Å². The van der Waals surface area contributed by atoms with Gasteiger partial charge in [0.15, 0.2) is 0 Å². The maximum absolute atomic E-state index is 3.53. The smallest absolute Gasteiger partial charge is 0.0359 e. The first-order valence-corrected chi connectivity index (χ1v) is 6.33. The third-order valence-electron chi connectivity index (χ3n) is 2.75. The van der Waals surface area contributed by atoms with Gasteiger partial charge in [0.05, 0.1) is 0 Å². The predicted octanol–water partition coefficient (Wildman–Crippen LogP) is 2.01. The molecule has 0 aromatic carbocycles. The summed E-state index contributed by atoms with van der Waals surface area (Å²) in [4.78, 5) is 0. The highest BCUT2D eigenvalue weighted by Gasteiger charge is 2.14. The molecule has 1 N–H and O–H groups in total. The van der Waals surface area contributed by atoms with Crippen molar-refractivity contribution in [2.45, 2.75) is 24.6 Å². The van der Waals surface area contributed by atoms with Gasteiger partial charge in [-0.25, -0.2) is 0 Å². The standard InChI is InChI=1S/C11H18N2S/c1-13-6-2-4-10(13)8-12-9-11-5-3-7-14-11/h2,4,6,11-12H,3,5,7-9H2,1H3. The third kappa shape index (κ3) is 2.55. The summed E-state index contributed by atoms with van der Waals surface area (Å²) in [5.74, 6) is 1.36. The molecule has 0 saturated carbocycles. The average molecular weight is 210 g/mol. The Morgan fingerprint density at radius 3 is 3.21 bits per heavy atom. The number of thioether (sulfide) groups is 1. The van der Waals surface area contributed by atoms with E-state index in [1.807, 2.05) is 0 Å². The minimum atomic E-state index is 0.857. The van der Waals surface area contributed by atoms with Crippen LogP contribution < -0.4 is 5.32 Å². The lowest BCUT2D eigenvalue weighted by Crippen LogP contribution is -2.23. The summed E-state index contributed by atoms with van der Waals surface area (Å²) >= 11 is 2.11. The zero-order valence-corrected chi connectivity index (χ0v) is 9.52. The second-order valence-electron chi connectivity index (χ2n) is 3.88. The van der Waals surface area contributed by atoms with Crippen molar-refractivity contribution in [1.82, 2.24) is 9.88 Å². The van der Waals surface area contributed by atoms with Crippen LogP contribution in [0.25, 0.3) is 0 Å². The number of rotatable bonds is 4. The molecule has 2 heterocycles. The average Bonchev–Trinajstić information content (AvgIpc) is 2.78. The van der Waals surface area contributed by atoms with Crippen molar-refractivity contribution in [2.24, 2.45) is 7.05 Å². The molecule has 1 fully saturated rings. The van der Waals surface area contributed by atoms with Crippen LogP contribution in [-0.2, 0) is 13.6 Å². The van der Waals surface area contributed by atoms with Gasteiger partial charge in [0.25, 0.3) is 0 Å². The Morgan fingerprint density at radius 2 is 2.57 bits per heavy atom. The van der Waals surface area contributed by atoms with Crippen molar-refractivity contribution in [3.8, 4) is 0 Å². The van der Waals surface area contributed by atoms with Crippen LogP contribution in [0.5, 0.6) is 0 Å². The van der Waals surface area contributed by atoms with Crippen LogP contribution in [0.4, 0.5) is 0 Å². The monoisotopic (exact) mass is 210 g/mol. The molecule has 1 unspecified atom stereocenters. The van der Waals surface area contributed by atoms with E-state index in [-0.39, 0.29) is 0 Å². The van der Waals surface area contributed by atoms with Crippen molar-refractivity contribution in [2.75, 3.05) is 12.3 Å². The van der Waals surface area contributed by atoms with E-state index in [1.165, 1.54) is 24.3 Å². The summed E-state index contributed by atoms with van der Waals surface area (Å²) in [5, 5.41) is 4.39. The molecular weight excluding hydrogens is 192 g/mol. The van der Waals surface area contributed by atoms with Crippen LogP contribution in [0.3, 0.4) is 0 Å². The highest BCUT2D eigenvalue weighted by molar-refractivity contribution is 8.00. The molecule has 1 aromatic rings. The first kappa shape index (κ1) is 10.1. The van der Waals surface area contributed by atoms with Gasteiger partial charge in [0.2, 0.25) is 0 Å². The summed E-state index contributed by atoms with van der Waals surface area (Å²) in [6, 6.07) is 4.27. The maximum Gasteiger partial charge on any atom is 0.0359 e. The Morgan fingerprint density at radius 1 is 1.64 bits per heavy atom. The second kappa shape index (κ2) is 4.89. The molecular formula is C11H18N2S. The molecule has 0 spiro atoms. The number of hydrogen-bond acceptors (Lipinski definition) is 2. The van der Waals surface area contributed by atoms with E-state index >= 15 is 0 Å². The Bertz CT molecular complexity index is 277. The van der Waals surface area contributed by atoms with Crippen LogP contribution in [0.1, 0.15) is 18.5 Å². The van der Waals surface area contributed by atoms with E-state index in [1.54, 1.807) is 0 Å². The van der Waals surface area contributed by atoms with E-state index < -0.39 is 0 Å².